The third-order valence-electron chi connectivity index (χ3n) is 3.93. The molecule has 0 amide bonds. The zero-order chi connectivity index (χ0) is 16.3. The van der Waals surface area contributed by atoms with Crippen LogP contribution in [0, 0.1) is 6.92 Å². The molecule has 0 saturated heterocycles. The lowest BCUT2D eigenvalue weighted by Crippen LogP contribution is -2.41. The van der Waals surface area contributed by atoms with E-state index in [2.05, 4.69) is 93.9 Å². The van der Waals surface area contributed by atoms with Crippen LogP contribution >= 0.6 is 6.19 Å². The number of rotatable bonds is 5. The summed E-state index contributed by atoms with van der Waals surface area (Å²) in [5.41, 5.74) is 1.29. The SMILES string of the molecule is Cc1ccccc1P(=S)(c1ccccc1)N(C(C)C)C(C)C. The average molecular weight is 331 g/mol. The van der Waals surface area contributed by atoms with E-state index in [1.165, 1.54) is 16.2 Å². The number of hydrogen-bond acceptors (Lipinski definition) is 1. The van der Waals surface area contributed by atoms with Crippen molar-refractivity contribution in [2.75, 3.05) is 0 Å². The van der Waals surface area contributed by atoms with E-state index < -0.39 is 6.19 Å². The molecule has 0 aliphatic heterocycles. The minimum absolute atomic E-state index is 0.408. The van der Waals surface area contributed by atoms with Crippen molar-refractivity contribution in [1.29, 1.82) is 0 Å². The highest BCUT2D eigenvalue weighted by molar-refractivity contribution is 8.20. The second kappa shape index (κ2) is 7.08. The molecule has 2 aromatic rings. The number of hydrogen-bond donors (Lipinski definition) is 0. The van der Waals surface area contributed by atoms with Gasteiger partial charge < -0.3 is 0 Å². The van der Waals surface area contributed by atoms with Crippen molar-refractivity contribution in [3.05, 3.63) is 60.2 Å². The van der Waals surface area contributed by atoms with Gasteiger partial charge in [-0.15, -0.1) is 0 Å². The van der Waals surface area contributed by atoms with Crippen LogP contribution in [0.3, 0.4) is 0 Å². The van der Waals surface area contributed by atoms with Gasteiger partial charge in [0.2, 0.25) is 0 Å². The topological polar surface area (TPSA) is 3.24 Å². The van der Waals surface area contributed by atoms with Gasteiger partial charge >= 0.3 is 0 Å². The van der Waals surface area contributed by atoms with E-state index in [0.717, 1.165) is 0 Å². The van der Waals surface area contributed by atoms with Crippen LogP contribution in [0.15, 0.2) is 54.6 Å². The van der Waals surface area contributed by atoms with Gasteiger partial charge in [0, 0.05) is 22.7 Å². The summed E-state index contributed by atoms with van der Waals surface area (Å²) >= 11 is 6.43. The first-order valence-corrected chi connectivity index (χ1v) is 10.6. The molecule has 2 rings (SSSR count). The van der Waals surface area contributed by atoms with E-state index in [1.54, 1.807) is 0 Å². The largest absolute Gasteiger partial charge is 0.263 e. The van der Waals surface area contributed by atoms with Crippen LogP contribution in [-0.2, 0) is 11.8 Å². The van der Waals surface area contributed by atoms with E-state index in [4.69, 9.17) is 11.8 Å². The third-order valence-corrected chi connectivity index (χ3v) is 9.45. The van der Waals surface area contributed by atoms with Crippen molar-refractivity contribution < 1.29 is 0 Å². The molecule has 1 atom stereocenters. The molecule has 22 heavy (non-hydrogen) atoms. The Labute approximate surface area is 140 Å². The lowest BCUT2D eigenvalue weighted by Gasteiger charge is -2.42. The van der Waals surface area contributed by atoms with Crippen LogP contribution < -0.4 is 10.6 Å². The van der Waals surface area contributed by atoms with Gasteiger partial charge in [0.1, 0.15) is 0 Å². The summed E-state index contributed by atoms with van der Waals surface area (Å²) < 4.78 is 2.54. The lowest BCUT2D eigenvalue weighted by molar-refractivity contribution is 0.326. The summed E-state index contributed by atoms with van der Waals surface area (Å²) in [6, 6.07) is 20.1. The molecular formula is C19H26NPS. The molecule has 118 valence electrons. The summed E-state index contributed by atoms with van der Waals surface area (Å²) in [6.45, 7) is 11.2. The van der Waals surface area contributed by atoms with E-state index in [-0.39, 0.29) is 0 Å². The Morgan fingerprint density at radius 3 is 1.82 bits per heavy atom. The molecule has 0 radical (unpaired) electrons. The molecule has 2 aromatic carbocycles. The average Bonchev–Trinajstić information content (AvgIpc) is 2.47. The number of nitrogens with zero attached hydrogens (tertiary/aromatic N) is 1. The van der Waals surface area contributed by atoms with Crippen LogP contribution in [0.4, 0.5) is 0 Å². The molecule has 1 nitrogen and oxygen atoms in total. The predicted molar refractivity (Wildman–Crippen MR) is 103 cm³/mol. The molecule has 0 saturated carbocycles. The molecule has 0 aromatic heterocycles. The van der Waals surface area contributed by atoms with Crippen LogP contribution in [0.25, 0.3) is 0 Å². The minimum Gasteiger partial charge on any atom is -0.263 e. The maximum Gasteiger partial charge on any atom is 0.0717 e. The van der Waals surface area contributed by atoms with Crippen molar-refractivity contribution in [2.45, 2.75) is 46.7 Å². The molecule has 0 fully saturated rings. The zero-order valence-corrected chi connectivity index (χ0v) is 15.9. The smallest absolute Gasteiger partial charge is 0.0717 e. The van der Waals surface area contributed by atoms with Gasteiger partial charge in [-0.2, -0.15) is 0 Å². The first kappa shape index (κ1) is 17.4. The number of benzene rings is 2. The van der Waals surface area contributed by atoms with Crippen molar-refractivity contribution in [3.63, 3.8) is 0 Å². The van der Waals surface area contributed by atoms with Crippen LogP contribution in [0.2, 0.25) is 0 Å². The first-order valence-electron chi connectivity index (χ1n) is 7.89. The van der Waals surface area contributed by atoms with Gasteiger partial charge in [0.25, 0.3) is 0 Å². The molecule has 0 aliphatic carbocycles. The summed E-state index contributed by atoms with van der Waals surface area (Å²) in [5.74, 6) is 0. The Kier molecular flexibility index (Phi) is 5.60. The van der Waals surface area contributed by atoms with Gasteiger partial charge in [-0.3, -0.25) is 4.67 Å². The predicted octanol–water partition coefficient (Wildman–Crippen LogP) is 4.46. The molecule has 0 aliphatic rings. The monoisotopic (exact) mass is 331 g/mol. The zero-order valence-electron chi connectivity index (χ0n) is 14.2. The minimum atomic E-state index is -2.02. The van der Waals surface area contributed by atoms with E-state index >= 15 is 0 Å². The van der Waals surface area contributed by atoms with Crippen molar-refractivity contribution in [3.8, 4) is 0 Å². The fourth-order valence-corrected chi connectivity index (χ4v) is 8.80. The molecule has 1 unspecified atom stereocenters. The van der Waals surface area contributed by atoms with Crippen LogP contribution in [-0.4, -0.2) is 16.8 Å². The van der Waals surface area contributed by atoms with Crippen LogP contribution in [0.5, 0.6) is 0 Å². The van der Waals surface area contributed by atoms with E-state index in [0.29, 0.717) is 12.1 Å². The van der Waals surface area contributed by atoms with Gasteiger partial charge in [-0.05, 0) is 40.2 Å². The molecule has 0 spiro atoms. The summed E-state index contributed by atoms with van der Waals surface area (Å²) in [4.78, 5) is 0. The van der Waals surface area contributed by atoms with Crippen molar-refractivity contribution in [2.24, 2.45) is 0 Å². The molecular weight excluding hydrogens is 305 g/mol. The Hall–Kier alpha value is -0.950. The normalized spacial score (nSPS) is 14.5. The van der Waals surface area contributed by atoms with Crippen LogP contribution in [0.1, 0.15) is 33.3 Å². The highest BCUT2D eigenvalue weighted by Crippen LogP contribution is 2.51. The van der Waals surface area contributed by atoms with E-state index in [9.17, 15) is 0 Å². The van der Waals surface area contributed by atoms with Gasteiger partial charge in [-0.1, -0.05) is 66.4 Å². The summed E-state index contributed by atoms with van der Waals surface area (Å²) in [5, 5.41) is 2.60. The van der Waals surface area contributed by atoms with Gasteiger partial charge in [-0.25, -0.2) is 0 Å². The second-order valence-electron chi connectivity index (χ2n) is 6.27. The maximum atomic E-state index is 6.43. The highest BCUT2D eigenvalue weighted by Gasteiger charge is 2.34. The quantitative estimate of drug-likeness (QED) is 0.744. The standard InChI is InChI=1S/C19H26NPS/c1-15(2)20(16(3)4)21(22,18-12-7-6-8-13-18)19-14-10-9-11-17(19)5/h6-16H,1-5H3. The molecule has 3 heteroatoms. The van der Waals surface area contributed by atoms with E-state index in [1.807, 2.05) is 0 Å². The fourth-order valence-electron chi connectivity index (χ4n) is 3.18. The molecule has 0 bridgehead atoms. The fraction of sp³-hybridized carbons (Fsp3) is 0.368. The third kappa shape index (κ3) is 3.20. The molecule has 0 N–H and O–H groups in total. The Morgan fingerprint density at radius 1 is 0.818 bits per heavy atom. The highest BCUT2D eigenvalue weighted by atomic mass is 32.4. The summed E-state index contributed by atoms with van der Waals surface area (Å²) in [7, 11) is 0. The Morgan fingerprint density at radius 2 is 1.32 bits per heavy atom. The number of aryl methyl sites for hydroxylation is 1. The van der Waals surface area contributed by atoms with Gasteiger partial charge in [0.05, 0.1) is 6.19 Å². The maximum absolute atomic E-state index is 6.43. The summed E-state index contributed by atoms with van der Waals surface area (Å²) in [6.07, 6.45) is -2.02. The van der Waals surface area contributed by atoms with Gasteiger partial charge in [0.15, 0.2) is 0 Å². The lowest BCUT2D eigenvalue weighted by atomic mass is 10.2. The van der Waals surface area contributed by atoms with Crippen molar-refractivity contribution in [1.82, 2.24) is 4.67 Å². The Balaban J connectivity index is 2.76. The Bertz CT molecular complexity index is 656. The van der Waals surface area contributed by atoms with Crippen molar-refractivity contribution >= 4 is 28.6 Å². The first-order chi connectivity index (χ1) is 10.4. The second-order valence-corrected chi connectivity index (χ2v) is 10.5. The molecule has 0 heterocycles.